The van der Waals surface area contributed by atoms with Crippen molar-refractivity contribution in [3.63, 3.8) is 0 Å². The molecule has 0 spiro atoms. The Balaban J connectivity index is 0.00000161. The zero-order valence-corrected chi connectivity index (χ0v) is 19.8. The number of Topliss-reactive ketones (excluding diaryl/α,β-unsaturated/α-hetero) is 1. The number of rotatable bonds is 10. The van der Waals surface area contributed by atoms with Gasteiger partial charge in [-0.15, -0.1) is 11.8 Å². The van der Waals surface area contributed by atoms with Gasteiger partial charge < -0.3 is 10.2 Å². The van der Waals surface area contributed by atoms with Crippen molar-refractivity contribution in [3.8, 4) is 11.8 Å². The van der Waals surface area contributed by atoms with Gasteiger partial charge >= 0.3 is 5.97 Å². The van der Waals surface area contributed by atoms with Crippen LogP contribution in [0.15, 0.2) is 24.3 Å². The normalized spacial score (nSPS) is 23.2. The molecule has 0 aromatic heterocycles. The van der Waals surface area contributed by atoms with Crippen molar-refractivity contribution >= 4 is 21.8 Å². The van der Waals surface area contributed by atoms with E-state index >= 15 is 0 Å². The van der Waals surface area contributed by atoms with E-state index in [0.717, 1.165) is 12.7 Å². The molecule has 0 bridgehead atoms. The largest absolute Gasteiger partial charge is 0.481 e. The van der Waals surface area contributed by atoms with Crippen LogP contribution in [0, 0.1) is 35.5 Å². The molecular weight excluding hydrogens is 418 g/mol. The van der Waals surface area contributed by atoms with Gasteiger partial charge in [0.05, 0.1) is 12.4 Å². The number of ketones is 1. The number of carbonyl (C=O) groups excluding carboxylic acids is 1. The molecule has 0 aliphatic heterocycles. The highest BCUT2D eigenvalue weighted by atomic mass is 32.2. The predicted molar refractivity (Wildman–Crippen MR) is 122 cm³/mol. The smallest absolute Gasteiger partial charge is 0.303 e. The lowest BCUT2D eigenvalue weighted by Crippen LogP contribution is -2.18. The standard InChI is InChI=1S/C22H32O4.CH5NO2S/c1-4-5-10-16(2)20(23)14-13-18-17(3)15-21(24)19(18)11-8-6-7-9-12-22(25)26;1-5(2,3)4/h6,8,13-14,16-20,23H,7,9-12,15H2,1-3H3,(H,25,26);1H3,(H2,2,3,4)/b8-6-,14-13+;/t16?,17-,18+,19-,20-;/m1./s1. The SMILES string of the molecule is CC#CCC(C)[C@H](O)/C=C/[C@H]1[C@H](C)CC(=O)[C@@H]1C/C=C\CCCC(=O)O.CS(N)(=O)=O. The Kier molecular flexibility index (Phi) is 14.0. The van der Waals surface area contributed by atoms with Crippen LogP contribution in [0.3, 0.4) is 0 Å². The summed E-state index contributed by atoms with van der Waals surface area (Å²) >= 11 is 0. The van der Waals surface area contributed by atoms with E-state index in [9.17, 15) is 23.1 Å². The molecule has 0 aromatic carbocycles. The second kappa shape index (κ2) is 15.0. The van der Waals surface area contributed by atoms with E-state index < -0.39 is 22.1 Å². The molecule has 1 rings (SSSR count). The number of hydrogen-bond acceptors (Lipinski definition) is 5. The third-order valence-electron chi connectivity index (χ3n) is 5.09. The third-order valence-corrected chi connectivity index (χ3v) is 5.09. The summed E-state index contributed by atoms with van der Waals surface area (Å²) in [6.07, 6.45) is 11.6. The van der Waals surface area contributed by atoms with Gasteiger partial charge in [0.2, 0.25) is 10.0 Å². The first-order valence-corrected chi connectivity index (χ1v) is 12.5. The Morgan fingerprint density at radius 2 is 1.97 bits per heavy atom. The average Bonchev–Trinajstić information content (AvgIpc) is 2.91. The van der Waals surface area contributed by atoms with Crippen molar-refractivity contribution in [2.24, 2.45) is 28.8 Å². The Bertz CT molecular complexity index is 783. The summed E-state index contributed by atoms with van der Waals surface area (Å²) in [5.74, 6) is 5.78. The molecule has 0 saturated heterocycles. The minimum absolute atomic E-state index is 0.0464. The Morgan fingerprint density at radius 1 is 1.35 bits per heavy atom. The van der Waals surface area contributed by atoms with Crippen LogP contribution < -0.4 is 5.14 Å². The molecule has 176 valence electrons. The second-order valence-corrected chi connectivity index (χ2v) is 9.80. The molecule has 4 N–H and O–H groups in total. The molecule has 1 aliphatic carbocycles. The van der Waals surface area contributed by atoms with Gasteiger partial charge in [-0.1, -0.05) is 38.2 Å². The monoisotopic (exact) mass is 455 g/mol. The van der Waals surface area contributed by atoms with Gasteiger partial charge in [0, 0.05) is 25.2 Å². The van der Waals surface area contributed by atoms with Crippen LogP contribution in [-0.2, 0) is 19.6 Å². The topological polar surface area (TPSA) is 135 Å². The highest BCUT2D eigenvalue weighted by Crippen LogP contribution is 2.37. The number of carbonyl (C=O) groups is 2. The zero-order valence-electron chi connectivity index (χ0n) is 19.0. The Morgan fingerprint density at radius 3 is 2.52 bits per heavy atom. The summed E-state index contributed by atoms with van der Waals surface area (Å²) in [6, 6.07) is 0. The fraction of sp³-hybridized carbons (Fsp3) is 0.652. The van der Waals surface area contributed by atoms with Gasteiger partial charge in [-0.3, -0.25) is 9.59 Å². The number of aliphatic carboxylic acids is 1. The molecule has 5 atom stereocenters. The maximum absolute atomic E-state index is 12.3. The van der Waals surface area contributed by atoms with Gasteiger partial charge in [-0.2, -0.15) is 0 Å². The van der Waals surface area contributed by atoms with Gasteiger partial charge in [-0.05, 0) is 43.9 Å². The molecule has 1 aliphatic rings. The van der Waals surface area contributed by atoms with Crippen molar-refractivity contribution in [3.05, 3.63) is 24.3 Å². The lowest BCUT2D eigenvalue weighted by Gasteiger charge is -2.19. The number of carboxylic acids is 1. The molecule has 1 fully saturated rings. The van der Waals surface area contributed by atoms with E-state index in [4.69, 9.17) is 5.11 Å². The van der Waals surface area contributed by atoms with E-state index in [1.807, 2.05) is 31.2 Å². The zero-order chi connectivity index (χ0) is 24.0. The van der Waals surface area contributed by atoms with Gasteiger partial charge in [0.15, 0.2) is 0 Å². The number of nitrogens with two attached hydrogens (primary N) is 1. The summed E-state index contributed by atoms with van der Waals surface area (Å²) in [5.41, 5.74) is 0. The number of unbranched alkanes of at least 4 members (excludes halogenated alkanes) is 1. The number of aliphatic hydroxyl groups is 1. The van der Waals surface area contributed by atoms with Crippen molar-refractivity contribution in [1.29, 1.82) is 0 Å². The van der Waals surface area contributed by atoms with Crippen LogP contribution in [0.2, 0.25) is 0 Å². The fourth-order valence-corrected chi connectivity index (χ4v) is 3.38. The van der Waals surface area contributed by atoms with Gasteiger partial charge in [0.25, 0.3) is 0 Å². The minimum atomic E-state index is -3.17. The third kappa shape index (κ3) is 14.6. The Labute approximate surface area is 186 Å². The van der Waals surface area contributed by atoms with Crippen LogP contribution in [-0.4, -0.2) is 42.7 Å². The van der Waals surface area contributed by atoms with Crippen LogP contribution in [0.5, 0.6) is 0 Å². The molecule has 0 radical (unpaired) electrons. The van der Waals surface area contributed by atoms with Crippen LogP contribution in [0.4, 0.5) is 0 Å². The predicted octanol–water partition coefficient (Wildman–Crippen LogP) is 2.90. The summed E-state index contributed by atoms with van der Waals surface area (Å²) in [4.78, 5) is 22.8. The number of sulfonamides is 1. The van der Waals surface area contributed by atoms with Crippen molar-refractivity contribution < 1.29 is 28.2 Å². The lowest BCUT2D eigenvalue weighted by molar-refractivity contribution is -0.137. The van der Waals surface area contributed by atoms with Crippen molar-refractivity contribution in [1.82, 2.24) is 0 Å². The Hall–Kier alpha value is -1.95. The number of hydrogen-bond donors (Lipinski definition) is 3. The van der Waals surface area contributed by atoms with E-state index in [-0.39, 0.29) is 35.9 Å². The highest BCUT2D eigenvalue weighted by Gasteiger charge is 2.37. The van der Waals surface area contributed by atoms with E-state index in [1.165, 1.54) is 0 Å². The summed E-state index contributed by atoms with van der Waals surface area (Å²) in [7, 11) is -3.17. The molecule has 0 amide bonds. The first-order chi connectivity index (χ1) is 14.4. The fourth-order valence-electron chi connectivity index (χ4n) is 3.38. The van der Waals surface area contributed by atoms with Crippen LogP contribution in [0.1, 0.15) is 59.3 Å². The number of aliphatic hydroxyl groups excluding tert-OH is 1. The van der Waals surface area contributed by atoms with Crippen LogP contribution in [0.25, 0.3) is 0 Å². The average molecular weight is 456 g/mol. The van der Waals surface area contributed by atoms with Gasteiger partial charge in [0.1, 0.15) is 5.78 Å². The summed E-state index contributed by atoms with van der Waals surface area (Å²) in [6.45, 7) is 5.85. The maximum Gasteiger partial charge on any atom is 0.303 e. The number of allylic oxidation sites excluding steroid dienone is 3. The van der Waals surface area contributed by atoms with E-state index in [0.29, 0.717) is 25.7 Å². The first-order valence-electron chi connectivity index (χ1n) is 10.5. The molecule has 0 heterocycles. The lowest BCUT2D eigenvalue weighted by atomic mass is 9.86. The molecule has 8 heteroatoms. The molecule has 1 saturated carbocycles. The summed E-state index contributed by atoms with van der Waals surface area (Å²) in [5, 5.41) is 23.2. The number of carboxylic acid groups (broad SMARTS) is 1. The van der Waals surface area contributed by atoms with E-state index in [1.54, 1.807) is 6.92 Å². The second-order valence-electron chi connectivity index (χ2n) is 8.14. The molecule has 1 unspecified atom stereocenters. The molecule has 0 aromatic rings. The highest BCUT2D eigenvalue weighted by molar-refractivity contribution is 7.88. The quantitative estimate of drug-likeness (QED) is 0.263. The molecular formula is C23H37NO6S. The van der Waals surface area contributed by atoms with Crippen molar-refractivity contribution in [2.75, 3.05) is 6.26 Å². The maximum atomic E-state index is 12.3. The number of primary sulfonamides is 1. The van der Waals surface area contributed by atoms with E-state index in [2.05, 4.69) is 23.9 Å². The molecule has 31 heavy (non-hydrogen) atoms. The van der Waals surface area contributed by atoms with Crippen molar-refractivity contribution in [2.45, 2.75) is 65.4 Å². The van der Waals surface area contributed by atoms with Gasteiger partial charge in [-0.25, -0.2) is 13.6 Å². The minimum Gasteiger partial charge on any atom is -0.481 e. The molecule has 7 nitrogen and oxygen atoms in total. The van der Waals surface area contributed by atoms with Crippen LogP contribution >= 0.6 is 0 Å². The summed E-state index contributed by atoms with van der Waals surface area (Å²) < 4.78 is 18.8. The first kappa shape index (κ1) is 29.1.